The van der Waals surface area contributed by atoms with Crippen molar-refractivity contribution in [1.29, 1.82) is 0 Å². The van der Waals surface area contributed by atoms with Crippen molar-refractivity contribution in [2.24, 2.45) is 0 Å². The maximum absolute atomic E-state index is 12.1. The average molecular weight is 326 g/mol. The zero-order valence-electron chi connectivity index (χ0n) is 10.8. The highest BCUT2D eigenvalue weighted by molar-refractivity contribution is 7.89. The molecular weight excluding hydrogens is 313 g/mol. The smallest absolute Gasteiger partial charge is 0.341 e. The minimum Gasteiger partial charge on any atom is -0.494 e. The number of ether oxygens (including phenoxy) is 2. The van der Waals surface area contributed by atoms with Crippen LogP contribution in [-0.4, -0.2) is 41.8 Å². The van der Waals surface area contributed by atoms with Crippen LogP contribution in [0.25, 0.3) is 0 Å². The van der Waals surface area contributed by atoms with Gasteiger partial charge in [-0.25, -0.2) is 22.3 Å². The maximum atomic E-state index is 12.1. The van der Waals surface area contributed by atoms with Gasteiger partial charge in [-0.2, -0.15) is 0 Å². The highest BCUT2D eigenvalue weighted by Gasteiger charge is 2.26. The average Bonchev–Trinajstić information content (AvgIpc) is 2.43. The first kappa shape index (κ1) is 16.7. The molecule has 0 amide bonds. The predicted molar refractivity (Wildman–Crippen MR) is 70.5 cm³/mol. The lowest BCUT2D eigenvalue weighted by molar-refractivity contribution is 0.0596. The molecule has 1 aromatic rings. The van der Waals surface area contributed by atoms with Crippen LogP contribution in [0.5, 0.6) is 5.75 Å². The molecule has 0 bridgehead atoms. The normalized spacial score (nSPS) is 11.2. The van der Waals surface area contributed by atoms with Gasteiger partial charge in [0.15, 0.2) is 5.75 Å². The Balaban J connectivity index is 3.47. The molecule has 0 radical (unpaired) electrons. The summed E-state index contributed by atoms with van der Waals surface area (Å²) in [5.74, 6) is -1.01. The van der Waals surface area contributed by atoms with Gasteiger partial charge in [-0.1, -0.05) is 11.6 Å². The molecule has 9 heteroatoms. The van der Waals surface area contributed by atoms with Crippen LogP contribution in [0.15, 0.2) is 17.0 Å². The quantitative estimate of drug-likeness (QED) is 0.799. The lowest BCUT2D eigenvalue weighted by atomic mass is 10.2. The number of hydrogen-bond donors (Lipinski definition) is 1. The molecule has 112 valence electrons. The molecule has 0 unspecified atom stereocenters. The van der Waals surface area contributed by atoms with E-state index in [1.165, 1.54) is 13.2 Å². The minimum absolute atomic E-state index is 0.00632. The van der Waals surface area contributed by atoms with Gasteiger partial charge in [0, 0.05) is 11.6 Å². The van der Waals surface area contributed by atoms with E-state index in [4.69, 9.17) is 16.3 Å². The van der Waals surface area contributed by atoms with Gasteiger partial charge in [-0.3, -0.25) is 0 Å². The molecule has 20 heavy (non-hydrogen) atoms. The van der Waals surface area contributed by atoms with Gasteiger partial charge in [0.25, 0.3) is 0 Å². The minimum atomic E-state index is -4.06. The molecule has 0 saturated heterocycles. The first-order chi connectivity index (χ1) is 9.37. The lowest BCUT2D eigenvalue weighted by Crippen LogP contribution is -2.26. The van der Waals surface area contributed by atoms with Crippen LogP contribution in [0.3, 0.4) is 0 Å². The van der Waals surface area contributed by atoms with E-state index in [1.807, 2.05) is 4.72 Å². The molecular formula is C11H13ClFNO5S. The van der Waals surface area contributed by atoms with Crippen molar-refractivity contribution in [2.45, 2.75) is 4.90 Å². The van der Waals surface area contributed by atoms with E-state index in [0.29, 0.717) is 0 Å². The Morgan fingerprint density at radius 2 is 2.05 bits per heavy atom. The van der Waals surface area contributed by atoms with Crippen molar-refractivity contribution in [1.82, 2.24) is 4.72 Å². The monoisotopic (exact) mass is 325 g/mol. The van der Waals surface area contributed by atoms with Gasteiger partial charge in [0.05, 0.1) is 14.2 Å². The Kier molecular flexibility index (Phi) is 5.73. The number of rotatable bonds is 6. The molecule has 0 aliphatic carbocycles. The van der Waals surface area contributed by atoms with Crippen LogP contribution in [0.2, 0.25) is 5.02 Å². The van der Waals surface area contributed by atoms with E-state index in [2.05, 4.69) is 4.74 Å². The summed E-state index contributed by atoms with van der Waals surface area (Å²) in [4.78, 5) is 11.2. The van der Waals surface area contributed by atoms with Crippen LogP contribution < -0.4 is 9.46 Å². The second-order valence-corrected chi connectivity index (χ2v) is 5.73. The van der Waals surface area contributed by atoms with E-state index < -0.39 is 29.2 Å². The molecule has 0 fully saturated rings. The molecule has 0 aliphatic heterocycles. The number of halogens is 2. The molecule has 0 heterocycles. The highest BCUT2D eigenvalue weighted by atomic mass is 35.5. The molecule has 0 atom stereocenters. The number of carbonyl (C=O) groups is 1. The summed E-state index contributed by atoms with van der Waals surface area (Å²) in [6.07, 6.45) is 0. The first-order valence-corrected chi connectivity index (χ1v) is 7.25. The Morgan fingerprint density at radius 1 is 1.40 bits per heavy atom. The summed E-state index contributed by atoms with van der Waals surface area (Å²) in [5.41, 5.74) is -0.136. The Hall–Kier alpha value is -1.38. The third kappa shape index (κ3) is 3.59. The van der Waals surface area contributed by atoms with Crippen molar-refractivity contribution >= 4 is 27.6 Å². The van der Waals surface area contributed by atoms with Gasteiger partial charge in [0.1, 0.15) is 17.1 Å². The highest BCUT2D eigenvalue weighted by Crippen LogP contribution is 2.32. The SMILES string of the molecule is COC(=O)c1cc(Cl)cc(S(=O)(=O)NCCF)c1OC. The maximum Gasteiger partial charge on any atom is 0.341 e. The summed E-state index contributed by atoms with van der Waals surface area (Å²) in [5, 5.41) is 0.00632. The molecule has 0 spiro atoms. The fourth-order valence-electron chi connectivity index (χ4n) is 1.49. The Morgan fingerprint density at radius 3 is 2.55 bits per heavy atom. The first-order valence-electron chi connectivity index (χ1n) is 5.38. The second-order valence-electron chi connectivity index (χ2n) is 3.56. The van der Waals surface area contributed by atoms with Gasteiger partial charge >= 0.3 is 5.97 Å². The third-order valence-electron chi connectivity index (χ3n) is 2.31. The van der Waals surface area contributed by atoms with Crippen molar-refractivity contribution in [3.05, 3.63) is 22.7 Å². The summed E-state index contributed by atoms with van der Waals surface area (Å²) < 4.78 is 47.6. The Labute approximate surface area is 120 Å². The zero-order chi connectivity index (χ0) is 15.3. The number of sulfonamides is 1. The van der Waals surface area contributed by atoms with E-state index in [9.17, 15) is 17.6 Å². The molecule has 0 saturated carbocycles. The van der Waals surface area contributed by atoms with E-state index in [-0.39, 0.29) is 21.2 Å². The van der Waals surface area contributed by atoms with Crippen LogP contribution in [0.4, 0.5) is 4.39 Å². The van der Waals surface area contributed by atoms with E-state index >= 15 is 0 Å². The molecule has 0 aliphatic rings. The lowest BCUT2D eigenvalue weighted by Gasteiger charge is -2.13. The van der Waals surface area contributed by atoms with Crippen LogP contribution >= 0.6 is 11.6 Å². The number of hydrogen-bond acceptors (Lipinski definition) is 5. The number of alkyl halides is 1. The van der Waals surface area contributed by atoms with Crippen molar-refractivity contribution in [3.63, 3.8) is 0 Å². The topological polar surface area (TPSA) is 81.7 Å². The van der Waals surface area contributed by atoms with Gasteiger partial charge < -0.3 is 9.47 Å². The van der Waals surface area contributed by atoms with Crippen molar-refractivity contribution in [2.75, 3.05) is 27.4 Å². The van der Waals surface area contributed by atoms with E-state index in [1.54, 1.807) is 0 Å². The molecule has 1 N–H and O–H groups in total. The molecule has 1 rings (SSSR count). The summed E-state index contributed by atoms with van der Waals surface area (Å²) in [6.45, 7) is -1.27. The third-order valence-corrected chi connectivity index (χ3v) is 3.99. The number of esters is 1. The summed E-state index contributed by atoms with van der Waals surface area (Å²) in [7, 11) is -1.72. The fourth-order valence-corrected chi connectivity index (χ4v) is 2.99. The van der Waals surface area contributed by atoms with Crippen molar-refractivity contribution < 1.29 is 27.1 Å². The van der Waals surface area contributed by atoms with Crippen molar-refractivity contribution in [3.8, 4) is 5.75 Å². The summed E-state index contributed by atoms with van der Waals surface area (Å²) >= 11 is 5.79. The van der Waals surface area contributed by atoms with Crippen LogP contribution in [-0.2, 0) is 14.8 Å². The number of carbonyl (C=O) groups excluding carboxylic acids is 1. The van der Waals surface area contributed by atoms with Crippen LogP contribution in [0.1, 0.15) is 10.4 Å². The predicted octanol–water partition coefficient (Wildman–Crippen LogP) is 1.38. The van der Waals surface area contributed by atoms with Gasteiger partial charge in [0.2, 0.25) is 10.0 Å². The van der Waals surface area contributed by atoms with Crippen LogP contribution in [0, 0.1) is 0 Å². The number of methoxy groups -OCH3 is 2. The largest absolute Gasteiger partial charge is 0.494 e. The fraction of sp³-hybridized carbons (Fsp3) is 0.364. The van der Waals surface area contributed by atoms with Gasteiger partial charge in [-0.15, -0.1) is 0 Å². The van der Waals surface area contributed by atoms with E-state index in [0.717, 1.165) is 13.2 Å². The molecule has 1 aromatic carbocycles. The molecule has 0 aromatic heterocycles. The second kappa shape index (κ2) is 6.87. The molecule has 6 nitrogen and oxygen atoms in total. The standard InChI is InChI=1S/C11H13ClFNO5S/c1-18-10-8(11(15)19-2)5-7(12)6-9(10)20(16,17)14-4-3-13/h5-6,14H,3-4H2,1-2H3. The van der Waals surface area contributed by atoms with Gasteiger partial charge in [-0.05, 0) is 12.1 Å². The number of nitrogens with one attached hydrogen (secondary N) is 1. The zero-order valence-corrected chi connectivity index (χ0v) is 12.3. The number of benzene rings is 1. The Bertz CT molecular complexity index is 605. The summed E-state index contributed by atoms with van der Waals surface area (Å²) in [6, 6.07) is 2.33.